The number of aliphatic hydroxyl groups is 3. The molecule has 2 aliphatic carbocycles. The molecule has 6 aromatic carbocycles. The highest BCUT2D eigenvalue weighted by Crippen LogP contribution is 2.61. The second kappa shape index (κ2) is 20.9. The lowest BCUT2D eigenvalue weighted by Gasteiger charge is -2.42. The van der Waals surface area contributed by atoms with Crippen LogP contribution in [0.25, 0.3) is 50.3 Å². The molecule has 0 amide bonds. The van der Waals surface area contributed by atoms with Gasteiger partial charge in [0.1, 0.15) is 34.3 Å². The number of aliphatic hydroxyl groups excluding tert-OH is 3. The molecule has 77 heavy (non-hydrogen) atoms. The van der Waals surface area contributed by atoms with Crippen LogP contribution in [0.1, 0.15) is 125 Å². The van der Waals surface area contributed by atoms with Gasteiger partial charge in [0.05, 0.1) is 23.0 Å². The first-order chi connectivity index (χ1) is 37.4. The lowest BCUT2D eigenvalue weighted by molar-refractivity contribution is 0.00975. The molecule has 14 heteroatoms. The average Bonchev–Trinajstić information content (AvgIpc) is 3.63. The number of aromatic hydroxyl groups is 3. The Morgan fingerprint density at radius 3 is 2.53 bits per heavy atom. The van der Waals surface area contributed by atoms with Crippen LogP contribution in [0, 0.1) is 11.8 Å². The SMILES string of the molecule is CC(C)Cc1cc(-c2oc3cc(O)c4c(c3c(=O)c2O)O[C@@H]2C[C@H]3c5c-4cc4c6c(ccc(c56)[C@H](SSCCC[C@H]2O)[C@H]3O)C=C[C@H]4CCO)c2c(c1O)Cc1cccc(c1)[C@@H]1NC[C@H](Cc3ccccc3)C[C@H]1SSC2. The van der Waals surface area contributed by atoms with Gasteiger partial charge in [-0.1, -0.05) is 136 Å². The van der Waals surface area contributed by atoms with Crippen LogP contribution < -0.4 is 15.5 Å². The first-order valence-corrected chi connectivity index (χ1v) is 32.0. The molecule has 7 aromatic rings. The molecule has 10 nitrogen and oxygen atoms in total. The summed E-state index contributed by atoms with van der Waals surface area (Å²) in [7, 11) is 6.88. The highest BCUT2D eigenvalue weighted by atomic mass is 33.1. The van der Waals surface area contributed by atoms with Gasteiger partial charge in [0.15, 0.2) is 5.76 Å². The third kappa shape index (κ3) is 9.07. The predicted molar refractivity (Wildman–Crippen MR) is 315 cm³/mol. The fraction of sp³-hybridized carbons (Fsp3) is 0.381. The van der Waals surface area contributed by atoms with Crippen molar-refractivity contribution in [3.63, 3.8) is 0 Å². The van der Waals surface area contributed by atoms with Crippen molar-refractivity contribution in [1.29, 1.82) is 0 Å². The van der Waals surface area contributed by atoms with E-state index in [1.165, 1.54) is 17.2 Å². The standard InChI is InChI=1S/C63H63NO9S4/c1-31(2)20-38-25-42(45-30-75-76-50-24-34(21-32-8-4-3-5-9-32)29-64-56(50)37-11-6-10-33(22-37)23-41(45)57(38)68)61-60(71)59(70)55-49(73-61)28-47(67)53-43-26-40-35(17-18-65)13-14-36-15-16-39-54(51(36)40)52(43)44-27-48(72-62(53)55)46(66)12-7-19-74-77-63(39)58(44)69/h3-6,8-11,13-16,22,25-26,28,31,34-35,44,46,48,50,56,58,63-69,71H,7,12,17-21,23-24,27,29-30H2,1-2H3/t34-,35+,44+,46-,48-,50-,56+,58+,63+/m1/s1. The van der Waals surface area contributed by atoms with Gasteiger partial charge in [-0.2, -0.15) is 0 Å². The Hall–Kier alpha value is -5.03. The van der Waals surface area contributed by atoms with Crippen LogP contribution in [0.2, 0.25) is 0 Å². The maximum atomic E-state index is 15.5. The zero-order chi connectivity index (χ0) is 52.8. The first-order valence-electron chi connectivity index (χ1n) is 27.2. The number of hydrogen-bond donors (Lipinski definition) is 7. The zero-order valence-corrected chi connectivity index (χ0v) is 46.3. The van der Waals surface area contributed by atoms with Gasteiger partial charge in [0.2, 0.25) is 11.2 Å². The number of piperidine rings is 1. The van der Waals surface area contributed by atoms with Crippen LogP contribution in [-0.4, -0.2) is 73.1 Å². The largest absolute Gasteiger partial charge is 0.507 e. The van der Waals surface area contributed by atoms with Crippen molar-refractivity contribution < 1.29 is 39.8 Å². The monoisotopic (exact) mass is 1110 g/mol. The fourth-order valence-corrected chi connectivity index (χ4v) is 19.5. The third-order valence-electron chi connectivity index (χ3n) is 17.1. The van der Waals surface area contributed by atoms with Gasteiger partial charge in [-0.05, 0) is 142 Å². The van der Waals surface area contributed by atoms with E-state index < -0.39 is 35.4 Å². The maximum absolute atomic E-state index is 15.5. The quantitative estimate of drug-likeness (QED) is 0.0752. The van der Waals surface area contributed by atoms with Crippen LogP contribution in [-0.2, 0) is 25.0 Å². The molecule has 0 spiro atoms. The van der Waals surface area contributed by atoms with E-state index in [1.54, 1.807) is 32.4 Å². The van der Waals surface area contributed by atoms with Crippen molar-refractivity contribution >= 4 is 71.0 Å². The number of phenols is 2. The minimum Gasteiger partial charge on any atom is -0.507 e. The summed E-state index contributed by atoms with van der Waals surface area (Å²) in [5.74, 6) is 0.353. The van der Waals surface area contributed by atoms with Crippen LogP contribution >= 0.6 is 43.2 Å². The van der Waals surface area contributed by atoms with Gasteiger partial charge in [-0.25, -0.2) is 0 Å². The minimum atomic E-state index is -0.992. The first kappa shape index (κ1) is 51.4. The number of fused-ring (bicyclic) bond motifs is 12. The summed E-state index contributed by atoms with van der Waals surface area (Å²) in [6, 6.07) is 29.0. The van der Waals surface area contributed by atoms with Gasteiger partial charge in [0, 0.05) is 64.9 Å². The van der Waals surface area contributed by atoms with Crippen molar-refractivity contribution in [3.8, 4) is 45.4 Å². The molecule has 398 valence electrons. The van der Waals surface area contributed by atoms with Crippen LogP contribution in [0.5, 0.6) is 23.0 Å². The molecule has 2 fully saturated rings. The number of hydrogen-bond acceptors (Lipinski definition) is 14. The Bertz CT molecular complexity index is 3560. The van der Waals surface area contributed by atoms with E-state index in [-0.39, 0.29) is 80.9 Å². The van der Waals surface area contributed by atoms with E-state index >= 15 is 4.79 Å². The molecular formula is C63H63NO9S4. The normalized spacial score (nSPS) is 25.5. The van der Waals surface area contributed by atoms with Gasteiger partial charge in [-0.3, -0.25) is 4.79 Å². The van der Waals surface area contributed by atoms with Crippen molar-refractivity contribution in [2.45, 2.75) is 118 Å². The number of nitrogens with one attached hydrogen (secondary N) is 1. The summed E-state index contributed by atoms with van der Waals surface area (Å²) in [6.07, 6.45) is 6.12. The van der Waals surface area contributed by atoms with Crippen LogP contribution in [0.3, 0.4) is 0 Å². The molecule has 1 aromatic heterocycles. The lowest BCUT2D eigenvalue weighted by Crippen LogP contribution is -2.41. The topological polar surface area (TPSA) is 173 Å². The Kier molecular flexibility index (Phi) is 13.9. The Morgan fingerprint density at radius 1 is 0.844 bits per heavy atom. The van der Waals surface area contributed by atoms with Gasteiger partial charge < -0.3 is 45.1 Å². The van der Waals surface area contributed by atoms with E-state index in [0.29, 0.717) is 66.0 Å². The van der Waals surface area contributed by atoms with Crippen molar-refractivity contribution in [1.82, 2.24) is 5.32 Å². The summed E-state index contributed by atoms with van der Waals surface area (Å²) in [5, 5.41) is 78.7. The van der Waals surface area contributed by atoms with Crippen molar-refractivity contribution in [3.05, 3.63) is 157 Å². The third-order valence-corrected chi connectivity index (χ3v) is 22.7. The molecule has 4 aliphatic heterocycles. The van der Waals surface area contributed by atoms with Gasteiger partial charge >= 0.3 is 0 Å². The molecule has 0 radical (unpaired) electrons. The number of phenolic OH excluding ortho intramolecular Hbond substituents is 2. The number of ether oxygens (including phenoxy) is 1. The summed E-state index contributed by atoms with van der Waals surface area (Å²) in [4.78, 5) is 15.5. The second-order valence-corrected chi connectivity index (χ2v) is 27.7. The Balaban J connectivity index is 0.999. The summed E-state index contributed by atoms with van der Waals surface area (Å²) >= 11 is 0. The highest BCUT2D eigenvalue weighted by Gasteiger charge is 2.46. The van der Waals surface area contributed by atoms with Crippen molar-refractivity contribution in [2.75, 3.05) is 18.9 Å². The van der Waals surface area contributed by atoms with Crippen molar-refractivity contribution in [2.24, 2.45) is 11.8 Å². The highest BCUT2D eigenvalue weighted by molar-refractivity contribution is 8.77. The summed E-state index contributed by atoms with van der Waals surface area (Å²) in [6.45, 7) is 5.04. The van der Waals surface area contributed by atoms with Crippen LogP contribution in [0.4, 0.5) is 0 Å². The van der Waals surface area contributed by atoms with Gasteiger partial charge in [-0.15, -0.1) is 0 Å². The van der Waals surface area contributed by atoms with E-state index in [0.717, 1.165) is 69.3 Å². The number of rotatable bonds is 7. The number of benzene rings is 6. The Labute approximate surface area is 463 Å². The van der Waals surface area contributed by atoms with E-state index in [1.807, 2.05) is 22.9 Å². The molecule has 5 heterocycles. The molecule has 5 bridgehead atoms. The van der Waals surface area contributed by atoms with E-state index in [4.69, 9.17) is 9.15 Å². The van der Waals surface area contributed by atoms with Gasteiger partial charge in [0.25, 0.3) is 0 Å². The maximum Gasteiger partial charge on any atom is 0.238 e. The predicted octanol–water partition coefficient (Wildman–Crippen LogP) is 13.0. The smallest absolute Gasteiger partial charge is 0.238 e. The molecule has 2 saturated heterocycles. The summed E-state index contributed by atoms with van der Waals surface area (Å²) < 4.78 is 13.9. The van der Waals surface area contributed by atoms with E-state index in [2.05, 4.69) is 98.0 Å². The second-order valence-electron chi connectivity index (χ2n) is 22.5. The Morgan fingerprint density at radius 2 is 1.70 bits per heavy atom. The summed E-state index contributed by atoms with van der Waals surface area (Å²) in [5.41, 5.74) is 10.0. The zero-order valence-electron chi connectivity index (χ0n) is 43.0. The molecule has 0 saturated carbocycles. The molecule has 13 rings (SSSR count). The molecular weight excluding hydrogens is 1040 g/mol. The minimum absolute atomic E-state index is 0.00235. The lowest BCUT2D eigenvalue weighted by atomic mass is 9.69. The van der Waals surface area contributed by atoms with E-state index in [9.17, 15) is 30.6 Å². The molecule has 0 unspecified atom stereocenters. The average molecular weight is 1110 g/mol. The van der Waals surface area contributed by atoms with Crippen LogP contribution in [0.15, 0.2) is 100 Å². The number of allylic oxidation sites excluding steroid dienone is 1. The molecule has 7 N–H and O–H groups in total. The molecule has 9 atom stereocenters. The molecule has 6 aliphatic rings. The fourth-order valence-electron chi connectivity index (χ4n) is 13.6.